The van der Waals surface area contributed by atoms with Crippen LogP contribution in [0, 0.1) is 0 Å². The summed E-state index contributed by atoms with van der Waals surface area (Å²) >= 11 is 0. The maximum atomic E-state index is 11.8. The van der Waals surface area contributed by atoms with Crippen LogP contribution in [0.3, 0.4) is 0 Å². The van der Waals surface area contributed by atoms with Crippen molar-refractivity contribution in [2.45, 2.75) is 38.3 Å². The van der Waals surface area contributed by atoms with Crippen LogP contribution in [0.15, 0.2) is 18.3 Å². The second kappa shape index (κ2) is 5.07. The Balaban J connectivity index is 2.01. The van der Waals surface area contributed by atoms with Crippen LogP contribution in [-0.4, -0.2) is 17.1 Å². The van der Waals surface area contributed by atoms with Crippen LogP contribution in [0.4, 0.5) is 0 Å². The topological polar surface area (TPSA) is 65.2 Å². The molecule has 0 radical (unpaired) electrons. The Labute approximate surface area is 94.8 Å². The fourth-order valence-electron chi connectivity index (χ4n) is 1.94. The summed E-state index contributed by atoms with van der Waals surface area (Å²) in [5, 5.41) is 0. The number of esters is 1. The molecular formula is C12H16N2O2. The molecule has 1 aromatic heterocycles. The first kappa shape index (κ1) is 11.1. The highest BCUT2D eigenvalue weighted by atomic mass is 16.5. The summed E-state index contributed by atoms with van der Waals surface area (Å²) in [4.78, 5) is 15.8. The predicted molar refractivity (Wildman–Crippen MR) is 59.8 cm³/mol. The average Bonchev–Trinajstić information content (AvgIpc) is 2.82. The molecule has 1 saturated carbocycles. The zero-order valence-corrected chi connectivity index (χ0v) is 9.19. The van der Waals surface area contributed by atoms with E-state index in [9.17, 15) is 4.79 Å². The van der Waals surface area contributed by atoms with Gasteiger partial charge in [0, 0.05) is 12.7 Å². The Morgan fingerprint density at radius 2 is 2.25 bits per heavy atom. The molecule has 0 spiro atoms. The van der Waals surface area contributed by atoms with Gasteiger partial charge in [-0.3, -0.25) is 4.98 Å². The summed E-state index contributed by atoms with van der Waals surface area (Å²) in [6, 6.07) is 3.35. The summed E-state index contributed by atoms with van der Waals surface area (Å²) in [5.41, 5.74) is 6.72. The molecule has 2 N–H and O–H groups in total. The first-order valence-corrected chi connectivity index (χ1v) is 5.65. The molecule has 0 amide bonds. The maximum absolute atomic E-state index is 11.8. The molecule has 1 aromatic rings. The first-order chi connectivity index (χ1) is 7.79. The van der Waals surface area contributed by atoms with Crippen molar-refractivity contribution in [2.24, 2.45) is 5.73 Å². The fourth-order valence-corrected chi connectivity index (χ4v) is 1.94. The van der Waals surface area contributed by atoms with Gasteiger partial charge in [-0.05, 0) is 37.8 Å². The maximum Gasteiger partial charge on any atom is 0.338 e. The summed E-state index contributed by atoms with van der Waals surface area (Å²) in [6.07, 6.45) is 5.97. The Morgan fingerprint density at radius 1 is 1.50 bits per heavy atom. The van der Waals surface area contributed by atoms with E-state index in [4.69, 9.17) is 10.5 Å². The summed E-state index contributed by atoms with van der Waals surface area (Å²) in [6.45, 7) is 0.338. The van der Waals surface area contributed by atoms with Crippen LogP contribution in [0.1, 0.15) is 41.7 Å². The lowest BCUT2D eigenvalue weighted by molar-refractivity contribution is 0.0317. The van der Waals surface area contributed by atoms with E-state index < -0.39 is 0 Å². The lowest BCUT2D eigenvalue weighted by Gasteiger charge is -2.11. The zero-order chi connectivity index (χ0) is 11.4. The minimum Gasteiger partial charge on any atom is -0.459 e. The molecule has 16 heavy (non-hydrogen) atoms. The minimum absolute atomic E-state index is 0.0991. The van der Waals surface area contributed by atoms with Crippen LogP contribution < -0.4 is 5.73 Å². The number of carbonyl (C=O) groups excluding carboxylic acids is 1. The van der Waals surface area contributed by atoms with E-state index in [1.165, 1.54) is 0 Å². The van der Waals surface area contributed by atoms with Crippen LogP contribution in [0.5, 0.6) is 0 Å². The molecule has 4 nitrogen and oxygen atoms in total. The van der Waals surface area contributed by atoms with Gasteiger partial charge in [-0.2, -0.15) is 0 Å². The lowest BCUT2D eigenvalue weighted by Crippen LogP contribution is -2.15. The van der Waals surface area contributed by atoms with Crippen molar-refractivity contribution in [1.29, 1.82) is 0 Å². The van der Waals surface area contributed by atoms with Crippen LogP contribution in [-0.2, 0) is 11.3 Å². The van der Waals surface area contributed by atoms with Gasteiger partial charge in [-0.15, -0.1) is 0 Å². The van der Waals surface area contributed by atoms with Crippen molar-refractivity contribution >= 4 is 5.97 Å². The van der Waals surface area contributed by atoms with Crippen molar-refractivity contribution in [2.75, 3.05) is 0 Å². The molecule has 1 heterocycles. The predicted octanol–water partition coefficient (Wildman–Crippen LogP) is 1.64. The minimum atomic E-state index is -0.260. The molecule has 0 atom stereocenters. The van der Waals surface area contributed by atoms with E-state index in [0.29, 0.717) is 17.8 Å². The number of rotatable bonds is 3. The normalized spacial score (nSPS) is 16.3. The van der Waals surface area contributed by atoms with Gasteiger partial charge in [0.2, 0.25) is 0 Å². The third kappa shape index (κ3) is 2.58. The van der Waals surface area contributed by atoms with Crippen molar-refractivity contribution in [3.05, 3.63) is 29.6 Å². The van der Waals surface area contributed by atoms with Gasteiger partial charge in [-0.1, -0.05) is 0 Å². The molecule has 0 unspecified atom stereocenters. The van der Waals surface area contributed by atoms with Crippen molar-refractivity contribution < 1.29 is 9.53 Å². The monoisotopic (exact) mass is 220 g/mol. The smallest absolute Gasteiger partial charge is 0.338 e. The summed E-state index contributed by atoms with van der Waals surface area (Å²) in [5.74, 6) is -0.260. The SMILES string of the molecule is NCc1cc(C(=O)OC2CCCC2)ccn1. The molecule has 1 aliphatic carbocycles. The van der Waals surface area contributed by atoms with Gasteiger partial charge in [0.05, 0.1) is 11.3 Å². The van der Waals surface area contributed by atoms with E-state index in [1.54, 1.807) is 18.3 Å². The molecule has 1 aliphatic rings. The number of hydrogen-bond donors (Lipinski definition) is 1. The molecule has 86 valence electrons. The molecule has 0 bridgehead atoms. The number of nitrogens with two attached hydrogens (primary N) is 1. The summed E-state index contributed by atoms with van der Waals surface area (Å²) < 4.78 is 5.39. The number of nitrogens with zero attached hydrogens (tertiary/aromatic N) is 1. The standard InChI is InChI=1S/C12H16N2O2/c13-8-10-7-9(5-6-14-10)12(15)16-11-3-1-2-4-11/h5-7,11H,1-4,8,13H2. The number of aromatic nitrogens is 1. The van der Waals surface area contributed by atoms with Crippen molar-refractivity contribution in [3.63, 3.8) is 0 Å². The highest BCUT2D eigenvalue weighted by Crippen LogP contribution is 2.22. The van der Waals surface area contributed by atoms with Crippen molar-refractivity contribution in [1.82, 2.24) is 4.98 Å². The highest BCUT2D eigenvalue weighted by Gasteiger charge is 2.20. The number of hydrogen-bond acceptors (Lipinski definition) is 4. The molecular weight excluding hydrogens is 204 g/mol. The lowest BCUT2D eigenvalue weighted by atomic mass is 10.2. The third-order valence-electron chi connectivity index (χ3n) is 2.84. The van der Waals surface area contributed by atoms with E-state index in [0.717, 1.165) is 25.7 Å². The molecule has 1 fully saturated rings. The van der Waals surface area contributed by atoms with Gasteiger partial charge in [-0.25, -0.2) is 4.79 Å². The molecule has 0 aromatic carbocycles. The van der Waals surface area contributed by atoms with Gasteiger partial charge < -0.3 is 10.5 Å². The Morgan fingerprint density at radius 3 is 2.94 bits per heavy atom. The van der Waals surface area contributed by atoms with E-state index >= 15 is 0 Å². The van der Waals surface area contributed by atoms with E-state index in [-0.39, 0.29) is 12.1 Å². The molecule has 2 rings (SSSR count). The second-order valence-corrected chi connectivity index (χ2v) is 4.05. The number of pyridine rings is 1. The first-order valence-electron chi connectivity index (χ1n) is 5.65. The quantitative estimate of drug-likeness (QED) is 0.786. The largest absolute Gasteiger partial charge is 0.459 e. The molecule has 4 heteroatoms. The Hall–Kier alpha value is -1.42. The zero-order valence-electron chi connectivity index (χ0n) is 9.19. The van der Waals surface area contributed by atoms with Crippen LogP contribution >= 0.6 is 0 Å². The molecule has 0 saturated heterocycles. The van der Waals surface area contributed by atoms with E-state index in [2.05, 4.69) is 4.98 Å². The number of ether oxygens (including phenoxy) is 1. The third-order valence-corrected chi connectivity index (χ3v) is 2.84. The number of carbonyl (C=O) groups is 1. The van der Waals surface area contributed by atoms with E-state index in [1.807, 2.05) is 0 Å². The van der Waals surface area contributed by atoms with Gasteiger partial charge >= 0.3 is 5.97 Å². The van der Waals surface area contributed by atoms with Gasteiger partial charge in [0.1, 0.15) is 6.10 Å². The van der Waals surface area contributed by atoms with Crippen molar-refractivity contribution in [3.8, 4) is 0 Å². The Kier molecular flexibility index (Phi) is 3.51. The fraction of sp³-hybridized carbons (Fsp3) is 0.500. The highest BCUT2D eigenvalue weighted by molar-refractivity contribution is 5.89. The van der Waals surface area contributed by atoms with Gasteiger partial charge in [0.15, 0.2) is 0 Å². The van der Waals surface area contributed by atoms with Crippen LogP contribution in [0.2, 0.25) is 0 Å². The molecule has 0 aliphatic heterocycles. The Bertz CT molecular complexity index is 373. The second-order valence-electron chi connectivity index (χ2n) is 4.05. The summed E-state index contributed by atoms with van der Waals surface area (Å²) in [7, 11) is 0. The van der Waals surface area contributed by atoms with Gasteiger partial charge in [0.25, 0.3) is 0 Å². The van der Waals surface area contributed by atoms with Crippen LogP contribution in [0.25, 0.3) is 0 Å². The average molecular weight is 220 g/mol.